The first-order valence-electron chi connectivity index (χ1n) is 51.9. The summed E-state index contributed by atoms with van der Waals surface area (Å²) in [4.78, 5) is 4.80. The molecule has 2 nitrogen and oxygen atoms in total. The molecule has 148 heavy (non-hydrogen) atoms. The lowest BCUT2D eigenvalue weighted by Gasteiger charge is -2.27. The Morgan fingerprint density at radius 2 is 0.311 bits per heavy atom. The molecular formula is C146H118N2. The van der Waals surface area contributed by atoms with Crippen LogP contribution >= 0.6 is 0 Å². The first-order valence-corrected chi connectivity index (χ1v) is 51.9. The van der Waals surface area contributed by atoms with Gasteiger partial charge >= 0.3 is 0 Å². The minimum absolute atomic E-state index is 0.372. The summed E-state index contributed by atoms with van der Waals surface area (Å²) in [6.45, 7) is 22.9. The van der Waals surface area contributed by atoms with Gasteiger partial charge in [-0.05, 0) is 408 Å². The van der Waals surface area contributed by atoms with E-state index in [1.807, 2.05) is 0 Å². The van der Waals surface area contributed by atoms with Crippen LogP contribution in [0.1, 0.15) is 84.0 Å². The maximum absolute atomic E-state index is 2.41. The highest BCUT2D eigenvalue weighted by Crippen LogP contribution is 2.50. The topological polar surface area (TPSA) is 6.48 Å². The first kappa shape index (κ1) is 95.0. The van der Waals surface area contributed by atoms with Crippen molar-refractivity contribution in [3.63, 3.8) is 0 Å². The number of hydrogen-bond acceptors (Lipinski definition) is 2. The Kier molecular flexibility index (Phi) is 27.1. The van der Waals surface area contributed by atoms with E-state index < -0.39 is 0 Å². The summed E-state index contributed by atoms with van der Waals surface area (Å²) in [5, 5.41) is 5.03. The predicted molar refractivity (Wildman–Crippen MR) is 635 cm³/mol. The molecule has 0 saturated carbocycles. The maximum Gasteiger partial charge on any atom is 0.0462 e. The third kappa shape index (κ3) is 19.5. The molecule has 712 valence electrons. The molecule has 0 aliphatic carbocycles. The highest BCUT2D eigenvalue weighted by Gasteiger charge is 2.26. The van der Waals surface area contributed by atoms with E-state index in [1.54, 1.807) is 0 Å². The summed E-state index contributed by atoms with van der Waals surface area (Å²) >= 11 is 0. The fourth-order valence-corrected chi connectivity index (χ4v) is 22.4. The fraction of sp³-hybridized carbons (Fsp3) is 0.0822. The zero-order chi connectivity index (χ0) is 101. The van der Waals surface area contributed by atoms with E-state index in [4.69, 9.17) is 0 Å². The molecule has 0 radical (unpaired) electrons. The van der Waals surface area contributed by atoms with Crippen LogP contribution < -0.4 is 9.80 Å². The monoisotopic (exact) mass is 1900 g/mol. The Morgan fingerprint density at radius 3 is 0.568 bits per heavy atom. The lowest BCUT2D eigenvalue weighted by Crippen LogP contribution is -2.10. The van der Waals surface area contributed by atoms with Gasteiger partial charge in [-0.3, -0.25) is 0 Å². The van der Waals surface area contributed by atoms with Gasteiger partial charge in [0.05, 0.1) is 0 Å². The summed E-state index contributed by atoms with van der Waals surface area (Å²) in [6.07, 6.45) is 0. The minimum Gasteiger partial charge on any atom is -0.311 e. The van der Waals surface area contributed by atoms with E-state index in [-0.39, 0.29) is 0 Å². The van der Waals surface area contributed by atoms with Crippen LogP contribution in [0.2, 0.25) is 0 Å². The van der Waals surface area contributed by atoms with Gasteiger partial charge in [0.2, 0.25) is 0 Å². The van der Waals surface area contributed by atoms with Gasteiger partial charge in [-0.15, -0.1) is 0 Å². The second-order valence-electron chi connectivity index (χ2n) is 39.9. The average molecular weight is 1900 g/mol. The van der Waals surface area contributed by atoms with Crippen LogP contribution in [0, 0.1) is 41.5 Å². The first-order chi connectivity index (χ1) is 72.5. The quantitative estimate of drug-likeness (QED) is 0.0630. The second-order valence-corrected chi connectivity index (χ2v) is 39.9. The van der Waals surface area contributed by atoms with Gasteiger partial charge in [0.1, 0.15) is 0 Å². The van der Waals surface area contributed by atoms with Gasteiger partial charge in [0.15, 0.2) is 0 Å². The molecule has 0 unspecified atom stereocenters. The predicted octanol–water partition coefficient (Wildman–Crippen LogP) is 41.7. The molecule has 0 amide bonds. The number of hydrogen-bond donors (Lipinski definition) is 0. The largest absolute Gasteiger partial charge is 0.311 e. The van der Waals surface area contributed by atoms with Crippen molar-refractivity contribution in [3.05, 3.63) is 566 Å². The molecule has 0 saturated heterocycles. The molecule has 2 heteroatoms. The Bertz CT molecular complexity index is 7900. The van der Waals surface area contributed by atoms with Gasteiger partial charge in [0, 0.05) is 34.1 Å². The number of rotatable bonds is 23. The molecule has 23 aromatic rings. The Morgan fingerprint density at radius 1 is 0.128 bits per heavy atom. The van der Waals surface area contributed by atoms with Crippen LogP contribution in [0.5, 0.6) is 0 Å². The van der Waals surface area contributed by atoms with E-state index in [9.17, 15) is 0 Å². The van der Waals surface area contributed by atoms with Crippen LogP contribution in [0.15, 0.2) is 522 Å². The summed E-state index contributed by atoms with van der Waals surface area (Å²) in [6, 6.07) is 192. The summed E-state index contributed by atoms with van der Waals surface area (Å²) in [5.74, 6) is 0.744. The molecular weight excluding hydrogens is 1780 g/mol. The molecule has 0 fully saturated rings. The van der Waals surface area contributed by atoms with E-state index in [1.165, 1.54) is 233 Å². The van der Waals surface area contributed by atoms with Crippen molar-refractivity contribution >= 4 is 55.7 Å². The van der Waals surface area contributed by atoms with Crippen molar-refractivity contribution in [2.45, 2.75) is 81.1 Å². The lowest BCUT2D eigenvalue weighted by atomic mass is 9.84. The standard InChI is InChI=1S/C78H63N.C68H55N/c1-52-70(58-25-13-7-14-26-58)49-71(59-27-15-8-16-28-59)53(2)76(52)64-37-43-67(44-38-64)79(68-45-39-65(40-46-68)77-54(3)72(60-29-17-9-18-30-60)50-73(55(77)4)61-31-19-10-20-32-61)69-47-41-66(42-48-69)78-56(5)74(62-33-21-11-22-34-62)51-75(57(78)6)63-35-23-12-24-36-63;1-46(2)65-39-31-60(58-23-21-49-15-8-10-17-54(49)42-58)44-67(65)52-27-35-63(36-28-52)69(62-33-25-51(26-34-62)57-20-12-19-56(41-57)48-13-6-5-7-14-48)64-37-29-53(30-38-64)68-45-61(32-40-66(68)47(3)4)59-24-22-50-16-9-11-18-55(50)43-59/h7-51H,1-6H3;5-47H,1-4H3. The van der Waals surface area contributed by atoms with Gasteiger partial charge < -0.3 is 9.80 Å². The molecule has 0 atom stereocenters. The number of benzene rings is 23. The zero-order valence-electron chi connectivity index (χ0n) is 85.7. The maximum atomic E-state index is 2.41. The Hall–Kier alpha value is -17.8. The van der Waals surface area contributed by atoms with Crippen LogP contribution in [0.25, 0.3) is 188 Å². The Labute approximate surface area is 873 Å². The summed E-state index contributed by atoms with van der Waals surface area (Å²) in [7, 11) is 0. The van der Waals surface area contributed by atoms with Crippen LogP contribution in [-0.2, 0) is 0 Å². The van der Waals surface area contributed by atoms with Crippen molar-refractivity contribution in [3.8, 4) is 167 Å². The molecule has 0 spiro atoms. The van der Waals surface area contributed by atoms with Gasteiger partial charge in [-0.25, -0.2) is 0 Å². The molecule has 0 aliphatic rings. The normalized spacial score (nSPS) is 11.3. The highest BCUT2D eigenvalue weighted by molar-refractivity contribution is 5.97. The smallest absolute Gasteiger partial charge is 0.0462 e. The number of anilines is 6. The van der Waals surface area contributed by atoms with Crippen LogP contribution in [-0.4, -0.2) is 0 Å². The lowest BCUT2D eigenvalue weighted by molar-refractivity contribution is 0.869. The SMILES string of the molecule is CC(C)c1ccc(-c2ccc3ccccc3c2)cc1-c1ccc(N(c2ccc(-c3cccc(-c4ccccc4)c3)cc2)c2ccc(-c3cc(-c4ccc5ccccc5c4)ccc3C(C)C)cc2)cc1.Cc1c(-c2ccccc2)cc(-c2ccccc2)c(C)c1-c1ccc(N(c2ccc(-c3c(C)c(-c4ccccc4)cc(-c4ccccc4)c3C)cc2)c2ccc(-c3c(C)c(-c4ccccc4)cc(-c4ccccc4)c3C)cc2)cc1. The Balaban J connectivity index is 0.000000169. The molecule has 0 aliphatic heterocycles. The van der Waals surface area contributed by atoms with Crippen molar-refractivity contribution in [2.24, 2.45) is 0 Å². The molecule has 0 heterocycles. The number of nitrogens with zero attached hydrogens (tertiary/aromatic N) is 2. The third-order valence-electron chi connectivity index (χ3n) is 30.1. The van der Waals surface area contributed by atoms with Crippen molar-refractivity contribution in [1.29, 1.82) is 0 Å². The zero-order valence-corrected chi connectivity index (χ0v) is 85.7. The van der Waals surface area contributed by atoms with E-state index in [2.05, 4.69) is 601 Å². The fourth-order valence-electron chi connectivity index (χ4n) is 22.4. The van der Waals surface area contributed by atoms with Crippen LogP contribution in [0.4, 0.5) is 34.1 Å². The summed E-state index contributed by atoms with van der Waals surface area (Å²) in [5.41, 5.74) is 53.7. The minimum atomic E-state index is 0.372. The second kappa shape index (κ2) is 42.2. The summed E-state index contributed by atoms with van der Waals surface area (Å²) < 4.78 is 0. The molecule has 0 bridgehead atoms. The van der Waals surface area contributed by atoms with E-state index in [0.717, 1.165) is 34.1 Å². The average Bonchev–Trinajstić information content (AvgIpc) is 0.762. The van der Waals surface area contributed by atoms with Gasteiger partial charge in [-0.1, -0.05) is 428 Å². The van der Waals surface area contributed by atoms with Crippen molar-refractivity contribution in [1.82, 2.24) is 0 Å². The highest BCUT2D eigenvalue weighted by atomic mass is 15.1. The van der Waals surface area contributed by atoms with E-state index in [0.29, 0.717) is 11.8 Å². The molecule has 23 aromatic carbocycles. The van der Waals surface area contributed by atoms with Gasteiger partial charge in [-0.2, -0.15) is 0 Å². The van der Waals surface area contributed by atoms with Crippen molar-refractivity contribution < 1.29 is 0 Å². The van der Waals surface area contributed by atoms with Crippen LogP contribution in [0.3, 0.4) is 0 Å². The van der Waals surface area contributed by atoms with E-state index >= 15 is 0 Å². The number of fused-ring (bicyclic) bond motifs is 2. The molecule has 23 rings (SSSR count). The molecule has 0 aromatic heterocycles. The van der Waals surface area contributed by atoms with Gasteiger partial charge in [0.25, 0.3) is 0 Å². The van der Waals surface area contributed by atoms with Crippen molar-refractivity contribution in [2.75, 3.05) is 9.80 Å². The third-order valence-corrected chi connectivity index (χ3v) is 30.1. The molecule has 0 N–H and O–H groups in total.